The van der Waals surface area contributed by atoms with E-state index in [1.54, 1.807) is 30.3 Å². The summed E-state index contributed by atoms with van der Waals surface area (Å²) in [4.78, 5) is 0. The van der Waals surface area contributed by atoms with Crippen molar-refractivity contribution in [3.05, 3.63) is 54.6 Å². The van der Waals surface area contributed by atoms with Crippen molar-refractivity contribution in [2.75, 3.05) is 0 Å². The maximum absolute atomic E-state index is 12.6. The van der Waals surface area contributed by atoms with Crippen LogP contribution < -0.4 is 8.92 Å². The normalized spacial score (nSPS) is 13.2. The molecule has 4 nitrogen and oxygen atoms in total. The molecule has 0 fully saturated rings. The zero-order valence-corrected chi connectivity index (χ0v) is 13.2. The molecule has 3 aromatic carbocycles. The summed E-state index contributed by atoms with van der Waals surface area (Å²) in [5.74, 6) is 0.626. The molecule has 1 aliphatic rings. The van der Waals surface area contributed by atoms with Gasteiger partial charge >= 0.3 is 15.6 Å². The molecule has 128 valence electrons. The summed E-state index contributed by atoms with van der Waals surface area (Å²) in [6.07, 6.45) is 0. The van der Waals surface area contributed by atoms with Crippen LogP contribution in [0.4, 0.5) is 13.2 Å². The third kappa shape index (κ3) is 2.41. The summed E-state index contributed by atoms with van der Waals surface area (Å²) in [6, 6.07) is 14.6. The standard InChI is InChI=1S/C17H9F3O4S/c18-17(19,20)25(21,22)24-14-9-8-11-10-4-1-2-6-13(10)23-15-7-3-5-12(14)16(11)15/h1-9H. The second-order valence-corrected chi connectivity index (χ2v) is 6.91. The predicted molar refractivity (Wildman–Crippen MR) is 85.1 cm³/mol. The number of hydrogen-bond donors (Lipinski definition) is 0. The van der Waals surface area contributed by atoms with Crippen LogP contribution in [0.25, 0.3) is 21.9 Å². The second kappa shape index (κ2) is 5.13. The highest BCUT2D eigenvalue weighted by Crippen LogP contribution is 2.48. The molecule has 0 atom stereocenters. The van der Waals surface area contributed by atoms with E-state index in [9.17, 15) is 21.6 Å². The first-order chi connectivity index (χ1) is 11.8. The van der Waals surface area contributed by atoms with Gasteiger partial charge in [0.25, 0.3) is 0 Å². The summed E-state index contributed by atoms with van der Waals surface area (Å²) in [5, 5.41) is 0.716. The Hall–Kier alpha value is -2.74. The first kappa shape index (κ1) is 15.8. The van der Waals surface area contributed by atoms with E-state index in [1.165, 1.54) is 18.2 Å². The van der Waals surface area contributed by atoms with Crippen LogP contribution in [-0.2, 0) is 10.1 Å². The molecule has 4 rings (SSSR count). The lowest BCUT2D eigenvalue weighted by molar-refractivity contribution is -0.0499. The highest BCUT2D eigenvalue weighted by molar-refractivity contribution is 7.88. The van der Waals surface area contributed by atoms with Crippen LogP contribution in [-0.4, -0.2) is 13.9 Å². The number of fused-ring (bicyclic) bond motifs is 2. The fourth-order valence-corrected chi connectivity index (χ4v) is 3.27. The molecule has 0 N–H and O–H groups in total. The van der Waals surface area contributed by atoms with Crippen molar-refractivity contribution in [1.82, 2.24) is 0 Å². The minimum Gasteiger partial charge on any atom is -0.456 e. The van der Waals surface area contributed by atoms with Crippen molar-refractivity contribution in [1.29, 1.82) is 0 Å². The number of para-hydroxylation sites is 1. The molecule has 25 heavy (non-hydrogen) atoms. The Morgan fingerprint density at radius 3 is 2.32 bits per heavy atom. The van der Waals surface area contributed by atoms with Crippen molar-refractivity contribution in [3.8, 4) is 28.4 Å². The molecule has 0 radical (unpaired) electrons. The monoisotopic (exact) mass is 366 g/mol. The van der Waals surface area contributed by atoms with Gasteiger partial charge in [0.05, 0.1) is 0 Å². The zero-order valence-electron chi connectivity index (χ0n) is 12.4. The highest BCUT2D eigenvalue weighted by atomic mass is 32.2. The van der Waals surface area contributed by atoms with Gasteiger partial charge in [-0.15, -0.1) is 0 Å². The Labute approximate surface area is 140 Å². The fraction of sp³-hybridized carbons (Fsp3) is 0.0588. The van der Waals surface area contributed by atoms with Gasteiger partial charge in [0.2, 0.25) is 0 Å². The Morgan fingerprint density at radius 1 is 0.840 bits per heavy atom. The molecule has 0 spiro atoms. The summed E-state index contributed by atoms with van der Waals surface area (Å²) < 4.78 is 70.6. The van der Waals surface area contributed by atoms with Gasteiger partial charge in [-0.1, -0.05) is 30.3 Å². The lowest BCUT2D eigenvalue weighted by atomic mass is 9.94. The summed E-state index contributed by atoms with van der Waals surface area (Å²) in [7, 11) is -5.76. The largest absolute Gasteiger partial charge is 0.534 e. The van der Waals surface area contributed by atoms with E-state index in [-0.39, 0.29) is 5.39 Å². The number of alkyl halides is 3. The van der Waals surface area contributed by atoms with Gasteiger partial charge in [0.15, 0.2) is 5.75 Å². The van der Waals surface area contributed by atoms with Crippen LogP contribution >= 0.6 is 0 Å². The lowest BCUT2D eigenvalue weighted by Crippen LogP contribution is -2.28. The van der Waals surface area contributed by atoms with Gasteiger partial charge in [-0.25, -0.2) is 0 Å². The molecule has 0 saturated heterocycles. The van der Waals surface area contributed by atoms with Gasteiger partial charge in [0.1, 0.15) is 11.5 Å². The summed E-state index contributed by atoms with van der Waals surface area (Å²) in [6.45, 7) is 0. The smallest absolute Gasteiger partial charge is 0.456 e. The molecular formula is C17H9F3O4S. The fourth-order valence-electron chi connectivity index (χ4n) is 2.79. The van der Waals surface area contributed by atoms with Gasteiger partial charge in [-0.3, -0.25) is 0 Å². The van der Waals surface area contributed by atoms with Crippen LogP contribution in [0.15, 0.2) is 54.6 Å². The van der Waals surface area contributed by atoms with Crippen LogP contribution in [0.1, 0.15) is 0 Å². The van der Waals surface area contributed by atoms with E-state index >= 15 is 0 Å². The Balaban J connectivity index is 1.95. The summed E-state index contributed by atoms with van der Waals surface area (Å²) in [5.41, 5.74) is -4.02. The molecular weight excluding hydrogens is 357 g/mol. The van der Waals surface area contributed by atoms with Gasteiger partial charge in [-0.2, -0.15) is 21.6 Å². The van der Waals surface area contributed by atoms with Crippen molar-refractivity contribution in [2.24, 2.45) is 0 Å². The third-order valence-corrected chi connectivity index (χ3v) is 4.81. The Bertz CT molecular complexity index is 1100. The number of rotatable bonds is 2. The van der Waals surface area contributed by atoms with Gasteiger partial charge in [0, 0.05) is 16.3 Å². The molecule has 3 aromatic rings. The van der Waals surface area contributed by atoms with Gasteiger partial charge < -0.3 is 8.92 Å². The van der Waals surface area contributed by atoms with Crippen molar-refractivity contribution < 1.29 is 30.5 Å². The molecule has 0 unspecified atom stereocenters. The summed E-state index contributed by atoms with van der Waals surface area (Å²) >= 11 is 0. The molecule has 8 heteroatoms. The highest BCUT2D eigenvalue weighted by Gasteiger charge is 2.48. The van der Waals surface area contributed by atoms with Gasteiger partial charge in [-0.05, 0) is 29.8 Å². The zero-order chi connectivity index (χ0) is 17.8. The number of benzene rings is 3. The Morgan fingerprint density at radius 2 is 1.56 bits per heavy atom. The molecule has 0 aromatic heterocycles. The molecule has 0 bridgehead atoms. The molecule has 1 aliphatic heterocycles. The van der Waals surface area contributed by atoms with Crippen molar-refractivity contribution in [3.63, 3.8) is 0 Å². The van der Waals surface area contributed by atoms with Crippen LogP contribution in [0.3, 0.4) is 0 Å². The molecule has 0 saturated carbocycles. The predicted octanol–water partition coefficient (Wildman–Crippen LogP) is 4.84. The van der Waals surface area contributed by atoms with Crippen LogP contribution in [0.5, 0.6) is 17.2 Å². The molecule has 0 amide bonds. The maximum Gasteiger partial charge on any atom is 0.534 e. The SMILES string of the molecule is O=S(=O)(Oc1ccc2c3c(cccc13)Oc1ccccc1-2)C(F)(F)F. The third-order valence-electron chi connectivity index (χ3n) is 3.84. The van der Waals surface area contributed by atoms with E-state index in [2.05, 4.69) is 4.18 Å². The molecule has 0 aliphatic carbocycles. The number of ether oxygens (including phenoxy) is 1. The van der Waals surface area contributed by atoms with Crippen molar-refractivity contribution >= 4 is 20.9 Å². The second-order valence-electron chi connectivity index (χ2n) is 5.37. The van der Waals surface area contributed by atoms with E-state index in [0.29, 0.717) is 16.9 Å². The number of halogens is 3. The quantitative estimate of drug-likeness (QED) is 0.376. The molecule has 1 heterocycles. The van der Waals surface area contributed by atoms with Crippen LogP contribution in [0.2, 0.25) is 0 Å². The lowest BCUT2D eigenvalue weighted by Gasteiger charge is -2.22. The van der Waals surface area contributed by atoms with E-state index in [4.69, 9.17) is 4.74 Å². The minimum atomic E-state index is -5.76. The topological polar surface area (TPSA) is 52.6 Å². The minimum absolute atomic E-state index is 0.220. The number of hydrogen-bond acceptors (Lipinski definition) is 4. The van der Waals surface area contributed by atoms with Crippen LogP contribution in [0, 0.1) is 0 Å². The van der Waals surface area contributed by atoms with E-state index in [1.807, 2.05) is 6.07 Å². The van der Waals surface area contributed by atoms with Crippen molar-refractivity contribution in [2.45, 2.75) is 5.51 Å². The first-order valence-corrected chi connectivity index (χ1v) is 8.52. The average molecular weight is 366 g/mol. The average Bonchev–Trinajstić information content (AvgIpc) is 2.55. The van der Waals surface area contributed by atoms with E-state index in [0.717, 1.165) is 11.1 Å². The van der Waals surface area contributed by atoms with E-state index < -0.39 is 21.4 Å². The maximum atomic E-state index is 12.6. The first-order valence-electron chi connectivity index (χ1n) is 7.12. The Kier molecular flexibility index (Phi) is 3.23.